The third kappa shape index (κ3) is 75.1. The Morgan fingerprint density at radius 3 is 0.789 bits per heavy atom. The Labute approximate surface area is 564 Å². The van der Waals surface area contributed by atoms with Crippen LogP contribution in [0.4, 0.5) is 0 Å². The number of nitrogens with one attached hydrogen (secondary N) is 1. The Bertz CT molecular complexity index is 1460. The van der Waals surface area contributed by atoms with E-state index >= 15 is 0 Å². The third-order valence-corrected chi connectivity index (χ3v) is 19.4. The van der Waals surface area contributed by atoms with Gasteiger partial charge in [-0.25, -0.2) is 0 Å². The summed E-state index contributed by atoms with van der Waals surface area (Å²) in [6.45, 7) is 4.95. The number of carbonyl (C=O) groups is 2. The van der Waals surface area contributed by atoms with Gasteiger partial charge in [-0.1, -0.05) is 403 Å². The summed E-state index contributed by atoms with van der Waals surface area (Å²) in [5, 5.41) is 23.2. The normalized spacial score (nSPS) is 12.6. The molecule has 90 heavy (non-hydrogen) atoms. The van der Waals surface area contributed by atoms with Crippen molar-refractivity contribution in [2.45, 2.75) is 475 Å². The fourth-order valence-electron chi connectivity index (χ4n) is 13.1. The van der Waals surface area contributed by atoms with Gasteiger partial charge < -0.3 is 20.3 Å². The highest BCUT2D eigenvalue weighted by Gasteiger charge is 2.18. The first-order chi connectivity index (χ1) is 44.5. The first-order valence-electron chi connectivity index (χ1n) is 41.3. The Kier molecular flexibility index (Phi) is 77.8. The van der Waals surface area contributed by atoms with E-state index in [4.69, 9.17) is 4.74 Å². The number of carbonyl (C=O) groups excluding carboxylic acids is 2. The number of allylic oxidation sites excluding steroid dienone is 5. The van der Waals surface area contributed by atoms with Gasteiger partial charge in [0.1, 0.15) is 0 Å². The summed E-state index contributed by atoms with van der Waals surface area (Å²) in [5.74, 6) is -0.0403. The minimum atomic E-state index is -0.842. The van der Waals surface area contributed by atoms with E-state index in [1.165, 1.54) is 398 Å². The molecule has 0 aliphatic rings. The first-order valence-corrected chi connectivity index (χ1v) is 41.3. The van der Waals surface area contributed by atoms with E-state index in [0.717, 1.165) is 38.5 Å². The van der Waals surface area contributed by atoms with E-state index in [0.29, 0.717) is 19.4 Å². The summed E-state index contributed by atoms with van der Waals surface area (Å²) < 4.78 is 5.51. The first kappa shape index (κ1) is 88.1. The summed E-state index contributed by atoms with van der Waals surface area (Å²) in [4.78, 5) is 24.6. The van der Waals surface area contributed by atoms with Crippen molar-refractivity contribution < 1.29 is 24.5 Å². The zero-order valence-electron chi connectivity index (χ0n) is 61.1. The number of amides is 1. The second kappa shape index (κ2) is 79.5. The second-order valence-electron chi connectivity index (χ2n) is 28.4. The van der Waals surface area contributed by atoms with Crippen LogP contribution in [0.15, 0.2) is 36.5 Å². The number of esters is 1. The predicted octanol–water partition coefficient (Wildman–Crippen LogP) is 27.4. The lowest BCUT2D eigenvalue weighted by Gasteiger charge is -2.20. The SMILES string of the molecule is CCCCCCCC/C=C\CCCCCCCCCC(=O)OCCCCCCCCCCCCCCCCCCCC/C=C\CCCCCCCCCCCCCCCCCCCC(=O)NC(CO)C(O)/C=C/CCCCCCCCCCCCCCCCC. The molecule has 0 heterocycles. The van der Waals surface area contributed by atoms with Gasteiger partial charge in [0.25, 0.3) is 0 Å². The molecule has 0 aromatic rings. The summed E-state index contributed by atoms with van der Waals surface area (Å²) in [5.41, 5.74) is 0. The number of aliphatic hydroxyl groups is 2. The van der Waals surface area contributed by atoms with Crippen LogP contribution in [0.5, 0.6) is 0 Å². The van der Waals surface area contributed by atoms with Crippen LogP contribution in [0.3, 0.4) is 0 Å². The van der Waals surface area contributed by atoms with Crippen LogP contribution in [-0.2, 0) is 14.3 Å². The predicted molar refractivity (Wildman–Crippen MR) is 398 cm³/mol. The van der Waals surface area contributed by atoms with Crippen molar-refractivity contribution in [1.29, 1.82) is 0 Å². The van der Waals surface area contributed by atoms with Gasteiger partial charge in [0.15, 0.2) is 0 Å². The van der Waals surface area contributed by atoms with Crippen LogP contribution in [-0.4, -0.2) is 47.4 Å². The second-order valence-corrected chi connectivity index (χ2v) is 28.4. The van der Waals surface area contributed by atoms with E-state index in [1.54, 1.807) is 6.08 Å². The van der Waals surface area contributed by atoms with Crippen LogP contribution in [0, 0.1) is 0 Å². The number of ether oxygens (including phenoxy) is 1. The Balaban J connectivity index is 3.33. The minimum absolute atomic E-state index is 0.0197. The van der Waals surface area contributed by atoms with Crippen LogP contribution >= 0.6 is 0 Å². The minimum Gasteiger partial charge on any atom is -0.466 e. The van der Waals surface area contributed by atoms with Crippen molar-refractivity contribution in [3.63, 3.8) is 0 Å². The summed E-state index contributed by atoms with van der Waals surface area (Å²) in [6.07, 6.45) is 104. The molecule has 0 radical (unpaired) electrons. The van der Waals surface area contributed by atoms with Gasteiger partial charge in [0, 0.05) is 12.8 Å². The fourth-order valence-corrected chi connectivity index (χ4v) is 13.1. The van der Waals surface area contributed by atoms with Crippen molar-refractivity contribution >= 4 is 11.9 Å². The maximum Gasteiger partial charge on any atom is 0.305 e. The zero-order valence-corrected chi connectivity index (χ0v) is 61.1. The highest BCUT2D eigenvalue weighted by molar-refractivity contribution is 5.76. The molecule has 1 amide bonds. The van der Waals surface area contributed by atoms with Crippen LogP contribution < -0.4 is 5.32 Å². The van der Waals surface area contributed by atoms with Crippen LogP contribution in [0.1, 0.15) is 463 Å². The molecule has 532 valence electrons. The summed E-state index contributed by atoms with van der Waals surface area (Å²) in [7, 11) is 0. The van der Waals surface area contributed by atoms with Gasteiger partial charge in [0.2, 0.25) is 5.91 Å². The summed E-state index contributed by atoms with van der Waals surface area (Å²) in [6, 6.07) is -0.625. The van der Waals surface area contributed by atoms with Crippen molar-refractivity contribution in [2.24, 2.45) is 0 Å². The van der Waals surface area contributed by atoms with Gasteiger partial charge >= 0.3 is 5.97 Å². The van der Waals surface area contributed by atoms with Crippen molar-refractivity contribution in [1.82, 2.24) is 5.32 Å². The molecule has 3 N–H and O–H groups in total. The molecule has 0 bridgehead atoms. The smallest absolute Gasteiger partial charge is 0.305 e. The number of hydrogen-bond acceptors (Lipinski definition) is 5. The maximum absolute atomic E-state index is 12.5. The van der Waals surface area contributed by atoms with Crippen molar-refractivity contribution in [3.8, 4) is 0 Å². The number of aliphatic hydroxyl groups excluding tert-OH is 2. The topological polar surface area (TPSA) is 95.9 Å². The third-order valence-electron chi connectivity index (χ3n) is 19.4. The van der Waals surface area contributed by atoms with Crippen molar-refractivity contribution in [3.05, 3.63) is 36.5 Å². The van der Waals surface area contributed by atoms with Gasteiger partial charge in [-0.3, -0.25) is 9.59 Å². The Hall–Kier alpha value is -1.92. The quantitative estimate of drug-likeness (QED) is 0.0320. The molecule has 0 spiro atoms. The van der Waals surface area contributed by atoms with E-state index in [-0.39, 0.29) is 18.5 Å². The number of hydrogen-bond donors (Lipinski definition) is 3. The molecule has 0 aromatic heterocycles. The molecule has 2 unspecified atom stereocenters. The van der Waals surface area contributed by atoms with Gasteiger partial charge in [-0.05, 0) is 83.5 Å². The lowest BCUT2D eigenvalue weighted by molar-refractivity contribution is -0.143. The lowest BCUT2D eigenvalue weighted by Crippen LogP contribution is -2.45. The lowest BCUT2D eigenvalue weighted by atomic mass is 10.0. The van der Waals surface area contributed by atoms with E-state index in [9.17, 15) is 19.8 Å². The fraction of sp³-hybridized carbons (Fsp3) is 0.905. The number of rotatable bonds is 78. The highest BCUT2D eigenvalue weighted by atomic mass is 16.5. The molecule has 0 aliphatic carbocycles. The van der Waals surface area contributed by atoms with Gasteiger partial charge in [-0.2, -0.15) is 0 Å². The molecule has 6 nitrogen and oxygen atoms in total. The average Bonchev–Trinajstić information content (AvgIpc) is 3.69. The van der Waals surface area contributed by atoms with E-state index in [1.807, 2.05) is 6.08 Å². The molecule has 0 saturated heterocycles. The Morgan fingerprint density at radius 2 is 0.522 bits per heavy atom. The zero-order chi connectivity index (χ0) is 64.9. The molecule has 0 aliphatic heterocycles. The van der Waals surface area contributed by atoms with Crippen LogP contribution in [0.25, 0.3) is 0 Å². The summed E-state index contributed by atoms with van der Waals surface area (Å²) >= 11 is 0. The molecule has 0 fully saturated rings. The van der Waals surface area contributed by atoms with Crippen LogP contribution in [0.2, 0.25) is 0 Å². The molecule has 0 saturated carbocycles. The number of unbranched alkanes of at least 4 members (excludes halogenated alkanes) is 63. The van der Waals surface area contributed by atoms with Gasteiger partial charge in [0.05, 0.1) is 25.4 Å². The molecule has 2 atom stereocenters. The van der Waals surface area contributed by atoms with E-state index in [2.05, 4.69) is 43.5 Å². The monoisotopic (exact) mass is 1260 g/mol. The average molecular weight is 1270 g/mol. The molecule has 0 aromatic carbocycles. The standard InChI is InChI=1S/C84H161NO5/c1-3-5-7-9-11-13-15-17-19-44-48-52-56-60-64-68-72-76-82(87)81(80-86)85-83(88)77-73-69-65-61-57-53-49-46-42-40-38-36-34-32-30-28-26-24-22-21-23-25-27-29-31-33-35-37-39-41-43-47-51-55-59-63-67-71-75-79-90-84(89)78-74-70-66-62-58-54-50-45-20-18-16-14-12-10-8-6-4-2/h18,20-22,72,76,81-82,86-87H,3-17,19,23-71,73-75,77-80H2,1-2H3,(H,85,88)/b20-18-,22-21-,76-72+. The molecular formula is C84H161NO5. The highest BCUT2D eigenvalue weighted by Crippen LogP contribution is 2.20. The molecule has 0 rings (SSSR count). The Morgan fingerprint density at radius 1 is 0.300 bits per heavy atom. The molecular weight excluding hydrogens is 1100 g/mol. The van der Waals surface area contributed by atoms with Crippen molar-refractivity contribution in [2.75, 3.05) is 13.2 Å². The maximum atomic E-state index is 12.5. The molecule has 6 heteroatoms. The van der Waals surface area contributed by atoms with E-state index < -0.39 is 12.1 Å². The van der Waals surface area contributed by atoms with Gasteiger partial charge in [-0.15, -0.1) is 0 Å². The largest absolute Gasteiger partial charge is 0.466 e.